The maximum Gasteiger partial charge on any atom is 0.263 e. The largest absolute Gasteiger partial charge is 0.339 e. The summed E-state index contributed by atoms with van der Waals surface area (Å²) in [6.07, 6.45) is 7.52. The number of amides is 1. The molecule has 3 aromatic heterocycles. The Bertz CT molecular complexity index is 892. The summed E-state index contributed by atoms with van der Waals surface area (Å²) in [5, 5.41) is 6.00. The summed E-state index contributed by atoms with van der Waals surface area (Å²) in [5.41, 5.74) is 1.73. The predicted octanol–water partition coefficient (Wildman–Crippen LogP) is 2.99. The number of carbonyl (C=O) groups excluding carboxylic acids is 1. The highest BCUT2D eigenvalue weighted by atomic mass is 32.1. The normalized spacial score (nSPS) is 17.4. The van der Waals surface area contributed by atoms with Crippen molar-refractivity contribution in [3.8, 4) is 11.5 Å². The van der Waals surface area contributed by atoms with E-state index in [1.54, 1.807) is 18.6 Å². The summed E-state index contributed by atoms with van der Waals surface area (Å²) in [7, 11) is 0. The zero-order valence-electron chi connectivity index (χ0n) is 14.5. The van der Waals surface area contributed by atoms with Crippen LogP contribution in [0.3, 0.4) is 0 Å². The number of hydrogen-bond acceptors (Lipinski definition) is 7. The lowest BCUT2D eigenvalue weighted by Gasteiger charge is -2.31. The van der Waals surface area contributed by atoms with Crippen LogP contribution in [0.25, 0.3) is 11.5 Å². The minimum Gasteiger partial charge on any atom is -0.339 e. The molecule has 7 nitrogen and oxygen atoms in total. The molecule has 1 aliphatic heterocycles. The summed E-state index contributed by atoms with van der Waals surface area (Å²) < 4.78 is 5.38. The van der Waals surface area contributed by atoms with Crippen LogP contribution >= 0.6 is 11.3 Å². The van der Waals surface area contributed by atoms with Gasteiger partial charge in [-0.2, -0.15) is 4.98 Å². The van der Waals surface area contributed by atoms with E-state index < -0.39 is 0 Å². The van der Waals surface area contributed by atoms with Gasteiger partial charge in [-0.25, -0.2) is 4.98 Å². The number of aromatic nitrogens is 4. The molecule has 3 aromatic rings. The molecule has 0 N–H and O–H groups in total. The van der Waals surface area contributed by atoms with Crippen LogP contribution in [-0.4, -0.2) is 44.0 Å². The third-order valence-electron chi connectivity index (χ3n) is 4.47. The van der Waals surface area contributed by atoms with Crippen molar-refractivity contribution in [1.82, 2.24) is 25.0 Å². The predicted molar refractivity (Wildman–Crippen MR) is 96.7 cm³/mol. The summed E-state index contributed by atoms with van der Waals surface area (Å²) in [5.74, 6) is 1.48. The Labute approximate surface area is 155 Å². The lowest BCUT2D eigenvalue weighted by Crippen LogP contribution is -2.40. The maximum absolute atomic E-state index is 12.7. The van der Waals surface area contributed by atoms with E-state index in [9.17, 15) is 4.79 Å². The van der Waals surface area contributed by atoms with Crippen LogP contribution in [0, 0.1) is 12.8 Å². The molecule has 0 bridgehead atoms. The number of nitrogens with zero attached hydrogens (tertiary/aromatic N) is 5. The van der Waals surface area contributed by atoms with Crippen LogP contribution < -0.4 is 0 Å². The van der Waals surface area contributed by atoms with Crippen molar-refractivity contribution in [2.45, 2.75) is 26.2 Å². The first-order chi connectivity index (χ1) is 12.7. The zero-order valence-corrected chi connectivity index (χ0v) is 15.3. The second-order valence-electron chi connectivity index (χ2n) is 6.55. The van der Waals surface area contributed by atoms with E-state index in [1.807, 2.05) is 23.3 Å². The molecule has 134 valence electrons. The third kappa shape index (κ3) is 3.65. The fourth-order valence-electron chi connectivity index (χ4n) is 3.22. The van der Waals surface area contributed by atoms with E-state index in [0.29, 0.717) is 29.7 Å². The number of aryl methyl sites for hydroxylation is 1. The average molecular weight is 369 g/mol. The van der Waals surface area contributed by atoms with Crippen molar-refractivity contribution in [3.63, 3.8) is 0 Å². The van der Waals surface area contributed by atoms with E-state index in [-0.39, 0.29) is 5.91 Å². The first-order valence-electron chi connectivity index (χ1n) is 8.62. The Morgan fingerprint density at radius 3 is 3.12 bits per heavy atom. The van der Waals surface area contributed by atoms with Crippen LogP contribution in [0.5, 0.6) is 0 Å². The molecule has 1 fully saturated rings. The van der Waals surface area contributed by atoms with Gasteiger partial charge in [0, 0.05) is 31.9 Å². The van der Waals surface area contributed by atoms with Crippen LogP contribution in [-0.2, 0) is 6.42 Å². The minimum absolute atomic E-state index is 0.124. The maximum atomic E-state index is 12.7. The summed E-state index contributed by atoms with van der Waals surface area (Å²) in [4.78, 5) is 28.0. The fraction of sp³-hybridized carbons (Fsp3) is 0.389. The molecule has 0 saturated carbocycles. The molecule has 8 heteroatoms. The Morgan fingerprint density at radius 1 is 1.42 bits per heavy atom. The molecular formula is C18H19N5O2S. The molecule has 0 spiro atoms. The van der Waals surface area contributed by atoms with Crippen LogP contribution in [0.1, 0.15) is 34.0 Å². The average Bonchev–Trinajstić information content (AvgIpc) is 3.31. The van der Waals surface area contributed by atoms with Crippen molar-refractivity contribution < 1.29 is 9.32 Å². The minimum atomic E-state index is 0.124. The molecule has 4 heterocycles. The quantitative estimate of drug-likeness (QED) is 0.703. The molecule has 4 rings (SSSR count). The number of rotatable bonds is 4. The zero-order chi connectivity index (χ0) is 17.9. The van der Waals surface area contributed by atoms with E-state index in [0.717, 1.165) is 36.4 Å². The van der Waals surface area contributed by atoms with Crippen molar-refractivity contribution in [1.29, 1.82) is 0 Å². The molecule has 0 aliphatic carbocycles. The Kier molecular flexibility index (Phi) is 4.75. The second-order valence-corrected chi connectivity index (χ2v) is 7.47. The highest BCUT2D eigenvalue weighted by molar-refractivity contribution is 7.12. The SMILES string of the molecule is Cc1csc(C(=O)N2CCC[C@@H](Cc3nc(-c4cnccn4)no3)C2)c1. The van der Waals surface area contributed by atoms with Crippen molar-refractivity contribution in [2.75, 3.05) is 13.1 Å². The molecule has 1 atom stereocenters. The number of hydrogen-bond donors (Lipinski definition) is 0. The van der Waals surface area contributed by atoms with Gasteiger partial charge in [0.05, 0.1) is 11.1 Å². The van der Waals surface area contributed by atoms with E-state index >= 15 is 0 Å². The molecule has 1 saturated heterocycles. The number of likely N-dealkylation sites (tertiary alicyclic amines) is 1. The summed E-state index contributed by atoms with van der Waals surface area (Å²) >= 11 is 1.51. The Hall–Kier alpha value is -2.61. The summed E-state index contributed by atoms with van der Waals surface area (Å²) in [6, 6.07) is 1.96. The van der Waals surface area contributed by atoms with E-state index in [2.05, 4.69) is 20.1 Å². The standard InChI is InChI=1S/C18H19N5O2S/c1-12-7-15(26-11-12)18(24)23-6-2-3-13(10-23)8-16-21-17(22-25-16)14-9-19-4-5-20-14/h4-5,7,9,11,13H,2-3,6,8,10H2,1H3/t13-/m0/s1. The highest BCUT2D eigenvalue weighted by Gasteiger charge is 2.27. The molecule has 0 aromatic carbocycles. The van der Waals surface area contributed by atoms with E-state index in [1.165, 1.54) is 11.3 Å². The molecule has 26 heavy (non-hydrogen) atoms. The summed E-state index contributed by atoms with van der Waals surface area (Å²) in [6.45, 7) is 3.54. The second kappa shape index (κ2) is 7.33. The topological polar surface area (TPSA) is 85.0 Å². The number of carbonyl (C=O) groups is 1. The van der Waals surface area contributed by atoms with Gasteiger partial charge in [0.25, 0.3) is 5.91 Å². The lowest BCUT2D eigenvalue weighted by atomic mass is 9.94. The molecule has 1 amide bonds. The number of thiophene rings is 1. The molecular weight excluding hydrogens is 350 g/mol. The van der Waals surface area contributed by atoms with Gasteiger partial charge >= 0.3 is 0 Å². The van der Waals surface area contributed by atoms with Crippen molar-refractivity contribution >= 4 is 17.2 Å². The van der Waals surface area contributed by atoms with Gasteiger partial charge in [0.2, 0.25) is 11.7 Å². The highest BCUT2D eigenvalue weighted by Crippen LogP contribution is 2.24. The van der Waals surface area contributed by atoms with Crippen molar-refractivity contribution in [2.24, 2.45) is 5.92 Å². The van der Waals surface area contributed by atoms with Crippen LogP contribution in [0.2, 0.25) is 0 Å². The fourth-order valence-corrected chi connectivity index (χ4v) is 4.08. The van der Waals surface area contributed by atoms with Gasteiger partial charge < -0.3 is 9.42 Å². The van der Waals surface area contributed by atoms with Gasteiger partial charge in [0.15, 0.2) is 0 Å². The lowest BCUT2D eigenvalue weighted by molar-refractivity contribution is 0.0673. The van der Waals surface area contributed by atoms with Gasteiger partial charge in [-0.3, -0.25) is 9.78 Å². The van der Waals surface area contributed by atoms with Gasteiger partial charge in [0.1, 0.15) is 5.69 Å². The molecule has 0 radical (unpaired) electrons. The van der Waals surface area contributed by atoms with Crippen LogP contribution in [0.4, 0.5) is 0 Å². The van der Waals surface area contributed by atoms with Crippen LogP contribution in [0.15, 0.2) is 34.6 Å². The van der Waals surface area contributed by atoms with E-state index in [4.69, 9.17) is 4.52 Å². The third-order valence-corrected chi connectivity index (χ3v) is 5.51. The van der Waals surface area contributed by atoms with Gasteiger partial charge in [-0.05, 0) is 42.7 Å². The Morgan fingerprint density at radius 2 is 2.35 bits per heavy atom. The smallest absolute Gasteiger partial charge is 0.263 e. The first kappa shape index (κ1) is 16.8. The van der Waals surface area contributed by atoms with Crippen molar-refractivity contribution in [3.05, 3.63) is 46.4 Å². The molecule has 0 unspecified atom stereocenters. The monoisotopic (exact) mass is 369 g/mol. The van der Waals surface area contributed by atoms with Gasteiger partial charge in [-0.15, -0.1) is 11.3 Å². The van der Waals surface area contributed by atoms with Gasteiger partial charge in [-0.1, -0.05) is 5.16 Å². The Balaban J connectivity index is 1.41. The number of piperidine rings is 1. The molecule has 1 aliphatic rings. The first-order valence-corrected chi connectivity index (χ1v) is 9.50.